The Hall–Kier alpha value is -7.99. The summed E-state index contributed by atoms with van der Waals surface area (Å²) in [7, 11) is -3.06. The van der Waals surface area contributed by atoms with Crippen molar-refractivity contribution in [1.29, 1.82) is 0 Å². The van der Waals surface area contributed by atoms with Crippen molar-refractivity contribution in [3.63, 3.8) is 0 Å². The molecule has 0 unspecified atom stereocenters. The molecule has 0 saturated heterocycles. The van der Waals surface area contributed by atoms with Crippen molar-refractivity contribution >= 4 is 50.6 Å². The van der Waals surface area contributed by atoms with E-state index in [9.17, 15) is 0 Å². The van der Waals surface area contributed by atoms with E-state index >= 15 is 0 Å². The highest BCUT2D eigenvalue weighted by Crippen LogP contribution is 2.41. The number of aromatic nitrogens is 4. The zero-order chi connectivity index (χ0) is 42.2. The number of hydrogen-bond acceptors (Lipinski definition) is 3. The lowest BCUT2D eigenvalue weighted by Gasteiger charge is -2.36. The third kappa shape index (κ3) is 6.58. The Balaban J connectivity index is 1.31. The number of nitrogens with zero attached hydrogens (tertiary/aromatic N) is 4. The maximum atomic E-state index is 5.39. The Kier molecular flexibility index (Phi) is 9.72. The van der Waals surface area contributed by atoms with Gasteiger partial charge in [0.1, 0.15) is 0 Å². The number of benzene rings is 9. The Morgan fingerprint density at radius 3 is 1.41 bits per heavy atom. The smallest absolute Gasteiger partial charge is 0.180 e. The minimum Gasteiger partial charge on any atom is -0.309 e. The topological polar surface area (TPSA) is 43.6 Å². The number of aryl methyl sites for hydroxylation is 1. The molecule has 0 atom stereocenters. The molecular formula is C58H42N4Si. The van der Waals surface area contributed by atoms with E-state index in [0.717, 1.165) is 44.5 Å². The van der Waals surface area contributed by atoms with Crippen LogP contribution in [-0.4, -0.2) is 27.6 Å². The van der Waals surface area contributed by atoms with E-state index in [1.807, 2.05) is 36.4 Å². The van der Waals surface area contributed by atoms with Gasteiger partial charge in [-0.1, -0.05) is 218 Å². The van der Waals surface area contributed by atoms with Gasteiger partial charge < -0.3 is 4.57 Å². The van der Waals surface area contributed by atoms with E-state index in [4.69, 9.17) is 15.0 Å². The standard InChI is InChI=1S/C58H42N4Si/c1-41-38-39-52-50(40-41)47-32-17-19-35-51(47)62(52)53-36-21-34-49(58-60-56(42-22-7-2-8-23-42)59-57(61-58)43-24-9-3-10-25-43)55(53)48-33-18-20-37-54(48)63(44-26-11-4-12-27-44,45-28-13-5-14-29-45)46-30-15-6-16-31-46/h2-40H,1H3. The van der Waals surface area contributed by atoms with Crippen LogP contribution in [0.3, 0.4) is 0 Å². The molecule has 63 heavy (non-hydrogen) atoms. The first-order valence-corrected chi connectivity index (χ1v) is 23.5. The summed E-state index contributed by atoms with van der Waals surface area (Å²) >= 11 is 0. The van der Waals surface area contributed by atoms with Crippen LogP contribution in [0.1, 0.15) is 5.56 Å². The van der Waals surface area contributed by atoms with Gasteiger partial charge in [-0.25, -0.2) is 15.0 Å². The highest BCUT2D eigenvalue weighted by Gasteiger charge is 2.43. The van der Waals surface area contributed by atoms with Gasteiger partial charge in [-0.15, -0.1) is 0 Å². The summed E-state index contributed by atoms with van der Waals surface area (Å²) < 4.78 is 2.45. The summed E-state index contributed by atoms with van der Waals surface area (Å²) in [5.74, 6) is 1.85. The van der Waals surface area contributed by atoms with Gasteiger partial charge in [-0.2, -0.15) is 0 Å². The lowest BCUT2D eigenvalue weighted by Crippen LogP contribution is -2.75. The minimum atomic E-state index is -3.06. The first kappa shape index (κ1) is 38.0. The molecule has 0 radical (unpaired) electrons. The first-order chi connectivity index (χ1) is 31.2. The van der Waals surface area contributed by atoms with Gasteiger partial charge in [0.15, 0.2) is 25.5 Å². The normalized spacial score (nSPS) is 11.6. The van der Waals surface area contributed by atoms with Gasteiger partial charge in [0, 0.05) is 33.0 Å². The third-order valence-corrected chi connectivity index (χ3v) is 17.1. The van der Waals surface area contributed by atoms with Crippen molar-refractivity contribution in [3.8, 4) is 51.0 Å². The second-order valence-corrected chi connectivity index (χ2v) is 19.8. The van der Waals surface area contributed by atoms with Crippen molar-refractivity contribution in [2.75, 3.05) is 0 Å². The summed E-state index contributed by atoms with van der Waals surface area (Å²) in [5, 5.41) is 7.62. The van der Waals surface area contributed by atoms with E-state index in [2.05, 4.69) is 212 Å². The quantitative estimate of drug-likeness (QED) is 0.108. The molecule has 11 aromatic rings. The van der Waals surface area contributed by atoms with Gasteiger partial charge in [0.05, 0.1) is 16.7 Å². The van der Waals surface area contributed by atoms with Crippen molar-refractivity contribution in [2.24, 2.45) is 0 Å². The molecule has 0 aliphatic heterocycles. The zero-order valence-corrected chi connectivity index (χ0v) is 35.8. The Labute approximate surface area is 368 Å². The molecule has 0 saturated carbocycles. The van der Waals surface area contributed by atoms with Crippen LogP contribution in [0, 0.1) is 6.92 Å². The second kappa shape index (κ2) is 16.1. The average molecular weight is 823 g/mol. The molecule has 2 aromatic heterocycles. The average Bonchev–Trinajstić information content (AvgIpc) is 3.69. The van der Waals surface area contributed by atoms with Gasteiger partial charge in [0.2, 0.25) is 0 Å². The predicted octanol–water partition coefficient (Wildman–Crippen LogP) is 11.3. The SMILES string of the molecule is Cc1ccc2c(c1)c1ccccc1n2-c1cccc(-c2nc(-c3ccccc3)nc(-c3ccccc3)n2)c1-c1ccccc1[Si](c1ccccc1)(c1ccccc1)c1ccccc1. The van der Waals surface area contributed by atoms with E-state index in [1.54, 1.807) is 0 Å². The van der Waals surface area contributed by atoms with E-state index in [1.165, 1.54) is 37.1 Å². The lowest BCUT2D eigenvalue weighted by molar-refractivity contribution is 1.07. The van der Waals surface area contributed by atoms with Crippen molar-refractivity contribution < 1.29 is 0 Å². The molecule has 9 aromatic carbocycles. The number of fused-ring (bicyclic) bond motifs is 3. The summed E-state index contributed by atoms with van der Waals surface area (Å²) in [6, 6.07) is 85.2. The van der Waals surface area contributed by atoms with E-state index in [0.29, 0.717) is 17.5 Å². The van der Waals surface area contributed by atoms with Crippen molar-refractivity contribution in [3.05, 3.63) is 242 Å². The molecule has 298 valence electrons. The van der Waals surface area contributed by atoms with Crippen LogP contribution < -0.4 is 20.7 Å². The molecule has 0 fully saturated rings. The third-order valence-electron chi connectivity index (χ3n) is 12.3. The van der Waals surface area contributed by atoms with Gasteiger partial charge in [-0.05, 0) is 57.5 Å². The van der Waals surface area contributed by atoms with Crippen molar-refractivity contribution in [2.45, 2.75) is 6.92 Å². The predicted molar refractivity (Wildman–Crippen MR) is 264 cm³/mol. The largest absolute Gasteiger partial charge is 0.309 e. The van der Waals surface area contributed by atoms with Crippen LogP contribution >= 0.6 is 0 Å². The van der Waals surface area contributed by atoms with Crippen LogP contribution in [0.25, 0.3) is 72.8 Å². The number of para-hydroxylation sites is 1. The fraction of sp³-hybridized carbons (Fsp3) is 0.0172. The molecule has 0 amide bonds. The molecule has 2 heterocycles. The Bertz CT molecular complexity index is 3230. The molecular weight excluding hydrogens is 781 g/mol. The minimum absolute atomic E-state index is 0.609. The summed E-state index contributed by atoms with van der Waals surface area (Å²) in [6.07, 6.45) is 0. The molecule has 0 bridgehead atoms. The first-order valence-electron chi connectivity index (χ1n) is 21.5. The zero-order valence-electron chi connectivity index (χ0n) is 34.8. The molecule has 4 nitrogen and oxygen atoms in total. The van der Waals surface area contributed by atoms with E-state index in [-0.39, 0.29) is 0 Å². The Morgan fingerprint density at radius 2 is 0.825 bits per heavy atom. The van der Waals surface area contributed by atoms with Crippen LogP contribution in [0.4, 0.5) is 0 Å². The molecule has 0 N–H and O–H groups in total. The summed E-state index contributed by atoms with van der Waals surface area (Å²) in [6.45, 7) is 2.17. The number of hydrogen-bond donors (Lipinski definition) is 0. The maximum absolute atomic E-state index is 5.39. The molecule has 11 rings (SSSR count). The monoisotopic (exact) mass is 822 g/mol. The fourth-order valence-corrected chi connectivity index (χ4v) is 14.5. The highest BCUT2D eigenvalue weighted by atomic mass is 28.3. The van der Waals surface area contributed by atoms with Gasteiger partial charge in [-0.3, -0.25) is 0 Å². The maximum Gasteiger partial charge on any atom is 0.180 e. The molecule has 0 aliphatic rings. The van der Waals surface area contributed by atoms with E-state index < -0.39 is 8.07 Å². The van der Waals surface area contributed by atoms with Crippen molar-refractivity contribution in [1.82, 2.24) is 19.5 Å². The van der Waals surface area contributed by atoms with Crippen LogP contribution in [0.2, 0.25) is 0 Å². The lowest BCUT2D eigenvalue weighted by atomic mass is 9.96. The van der Waals surface area contributed by atoms with Gasteiger partial charge >= 0.3 is 0 Å². The van der Waals surface area contributed by atoms with Crippen LogP contribution in [0.15, 0.2) is 237 Å². The van der Waals surface area contributed by atoms with Gasteiger partial charge in [0.25, 0.3) is 0 Å². The summed E-state index contributed by atoms with van der Waals surface area (Å²) in [5.41, 5.74) is 9.52. The molecule has 0 aliphatic carbocycles. The highest BCUT2D eigenvalue weighted by molar-refractivity contribution is 7.20. The molecule has 5 heteroatoms. The fourth-order valence-electron chi connectivity index (χ4n) is 9.53. The summed E-state index contributed by atoms with van der Waals surface area (Å²) in [4.78, 5) is 15.9. The van der Waals surface area contributed by atoms with Crippen LogP contribution in [-0.2, 0) is 0 Å². The van der Waals surface area contributed by atoms with Crippen LogP contribution in [0.5, 0.6) is 0 Å². The molecule has 0 spiro atoms. The Morgan fingerprint density at radius 1 is 0.365 bits per heavy atom. The number of rotatable bonds is 9. The second-order valence-electron chi connectivity index (χ2n) is 16.0.